The van der Waals surface area contributed by atoms with E-state index in [4.69, 9.17) is 0 Å². The summed E-state index contributed by atoms with van der Waals surface area (Å²) in [4.78, 5) is 2.74. The van der Waals surface area contributed by atoms with Crippen molar-refractivity contribution < 1.29 is 10.2 Å². The molecule has 1 saturated heterocycles. The monoisotopic (exact) mass is 427 g/mol. The molecule has 0 radical (unpaired) electrons. The lowest BCUT2D eigenvalue weighted by molar-refractivity contribution is 0.0816. The Hall–Kier alpha value is -0.900. The van der Waals surface area contributed by atoms with Crippen LogP contribution in [0.15, 0.2) is 35.5 Å². The van der Waals surface area contributed by atoms with Crippen LogP contribution in [0.25, 0.3) is 0 Å². The van der Waals surface area contributed by atoms with Gasteiger partial charge in [-0.2, -0.15) is 0 Å². The van der Waals surface area contributed by atoms with Crippen LogP contribution in [0.4, 0.5) is 0 Å². The second kappa shape index (κ2) is 9.53. The molecule has 4 rings (SSSR count). The van der Waals surface area contributed by atoms with E-state index in [9.17, 15) is 10.2 Å². The zero-order valence-corrected chi connectivity index (χ0v) is 20.2. The zero-order valence-electron chi connectivity index (χ0n) is 20.2. The van der Waals surface area contributed by atoms with Crippen molar-refractivity contribution in [3.8, 4) is 0 Å². The van der Waals surface area contributed by atoms with Crippen molar-refractivity contribution in [3.05, 3.63) is 35.5 Å². The second-order valence-corrected chi connectivity index (χ2v) is 11.5. The van der Waals surface area contributed by atoms with Crippen molar-refractivity contribution in [2.24, 2.45) is 29.1 Å². The van der Waals surface area contributed by atoms with E-state index < -0.39 is 12.2 Å². The normalized spacial score (nSPS) is 41.6. The number of hydrogen-bond donors (Lipinski definition) is 2. The lowest BCUT2D eigenvalue weighted by atomic mass is 9.61. The number of aliphatic hydroxyl groups excluding tert-OH is 2. The Morgan fingerprint density at radius 3 is 2.58 bits per heavy atom. The Labute approximate surface area is 190 Å². The van der Waals surface area contributed by atoms with E-state index >= 15 is 0 Å². The highest BCUT2D eigenvalue weighted by molar-refractivity contribution is 5.29. The van der Waals surface area contributed by atoms with Gasteiger partial charge in [0, 0.05) is 13.1 Å². The van der Waals surface area contributed by atoms with Gasteiger partial charge in [0.1, 0.15) is 0 Å². The predicted octanol–water partition coefficient (Wildman–Crippen LogP) is 5.50. The van der Waals surface area contributed by atoms with E-state index in [1.807, 2.05) is 0 Å². The predicted molar refractivity (Wildman–Crippen MR) is 129 cm³/mol. The number of allylic oxidation sites excluding steroid dienone is 3. The maximum Gasteiger partial charge on any atom is 0.0809 e. The molecule has 3 saturated carbocycles. The van der Waals surface area contributed by atoms with E-state index in [0.29, 0.717) is 29.7 Å². The third-order valence-corrected chi connectivity index (χ3v) is 9.52. The fourth-order valence-corrected chi connectivity index (χ4v) is 7.59. The van der Waals surface area contributed by atoms with Gasteiger partial charge >= 0.3 is 0 Å². The maximum atomic E-state index is 10.2. The SMILES string of the molecule is C=C1[C@H](O)CC(=C/C=C2\CCC[C@]3(C)[C@@H]([C@H](C)CN4CC[C@H](CC)C4)CC[C@@H]23)C[C@H]1O. The summed E-state index contributed by atoms with van der Waals surface area (Å²) in [7, 11) is 0. The average molecular weight is 428 g/mol. The third kappa shape index (κ3) is 4.75. The first-order valence-electron chi connectivity index (χ1n) is 13.0. The molecular formula is C28H45NO2. The maximum absolute atomic E-state index is 10.2. The fourth-order valence-electron chi connectivity index (χ4n) is 7.59. The quantitative estimate of drug-likeness (QED) is 0.570. The molecule has 3 heteroatoms. The van der Waals surface area contributed by atoms with Gasteiger partial charge in [0.15, 0.2) is 0 Å². The first kappa shape index (κ1) is 23.3. The van der Waals surface area contributed by atoms with Crippen molar-refractivity contribution in [1.82, 2.24) is 4.90 Å². The average Bonchev–Trinajstić information content (AvgIpc) is 3.33. The second-order valence-electron chi connectivity index (χ2n) is 11.5. The Balaban J connectivity index is 1.43. The number of hydrogen-bond acceptors (Lipinski definition) is 3. The molecule has 1 aliphatic heterocycles. The van der Waals surface area contributed by atoms with E-state index in [1.165, 1.54) is 64.6 Å². The summed E-state index contributed by atoms with van der Waals surface area (Å²) in [5.41, 5.74) is 3.79. The summed E-state index contributed by atoms with van der Waals surface area (Å²) in [5, 5.41) is 20.3. The van der Waals surface area contributed by atoms with Gasteiger partial charge in [-0.05, 0) is 92.6 Å². The smallest absolute Gasteiger partial charge is 0.0809 e. The van der Waals surface area contributed by atoms with Crippen molar-refractivity contribution >= 4 is 0 Å². The molecule has 0 unspecified atom stereocenters. The molecule has 0 amide bonds. The van der Waals surface area contributed by atoms with Crippen LogP contribution in [-0.2, 0) is 0 Å². The molecule has 4 aliphatic rings. The molecule has 0 bridgehead atoms. The molecule has 7 atom stereocenters. The van der Waals surface area contributed by atoms with Crippen LogP contribution < -0.4 is 0 Å². The third-order valence-electron chi connectivity index (χ3n) is 9.52. The van der Waals surface area contributed by atoms with Crippen molar-refractivity contribution in [2.45, 2.75) is 90.8 Å². The standard InChI is InChI=1S/C28H45NO2/c1-5-21-12-14-29(18-21)17-19(2)24-10-11-25-23(7-6-13-28(24,25)4)9-8-22-15-26(30)20(3)27(31)16-22/h8-9,19,21,24-27,30-31H,3,5-7,10-18H2,1-2,4H3/b23-9+/t19-,21+,24-,25+,26-,27-,28-/m1/s1. The molecule has 0 aromatic rings. The minimum absolute atomic E-state index is 0.436. The molecular weight excluding hydrogens is 382 g/mol. The summed E-state index contributed by atoms with van der Waals surface area (Å²) in [6.45, 7) is 15.2. The van der Waals surface area contributed by atoms with Crippen LogP contribution in [0.5, 0.6) is 0 Å². The highest BCUT2D eigenvalue weighted by atomic mass is 16.3. The Morgan fingerprint density at radius 2 is 1.90 bits per heavy atom. The summed E-state index contributed by atoms with van der Waals surface area (Å²) in [6, 6.07) is 0. The van der Waals surface area contributed by atoms with Crippen molar-refractivity contribution in [3.63, 3.8) is 0 Å². The van der Waals surface area contributed by atoms with Gasteiger partial charge in [-0.25, -0.2) is 0 Å². The summed E-state index contributed by atoms with van der Waals surface area (Å²) < 4.78 is 0. The largest absolute Gasteiger partial charge is 0.388 e. The summed E-state index contributed by atoms with van der Waals surface area (Å²) in [6.07, 6.45) is 13.9. The molecule has 31 heavy (non-hydrogen) atoms. The highest BCUT2D eigenvalue weighted by Gasteiger charge is 2.50. The van der Waals surface area contributed by atoms with Gasteiger partial charge in [-0.15, -0.1) is 0 Å². The molecule has 1 heterocycles. The molecule has 4 fully saturated rings. The van der Waals surface area contributed by atoms with Crippen molar-refractivity contribution in [2.75, 3.05) is 19.6 Å². The number of nitrogens with zero attached hydrogens (tertiary/aromatic N) is 1. The number of fused-ring (bicyclic) bond motifs is 1. The van der Waals surface area contributed by atoms with E-state index in [-0.39, 0.29) is 0 Å². The minimum atomic E-state index is -0.598. The van der Waals surface area contributed by atoms with Gasteiger partial charge in [0.05, 0.1) is 12.2 Å². The Bertz CT molecular complexity index is 709. The van der Waals surface area contributed by atoms with Gasteiger partial charge in [0.25, 0.3) is 0 Å². The van der Waals surface area contributed by atoms with Gasteiger partial charge in [0.2, 0.25) is 0 Å². The molecule has 0 spiro atoms. The molecule has 3 aliphatic carbocycles. The van der Waals surface area contributed by atoms with Crippen LogP contribution in [0, 0.1) is 29.1 Å². The van der Waals surface area contributed by atoms with Crippen molar-refractivity contribution in [1.29, 1.82) is 0 Å². The Kier molecular flexibility index (Phi) is 7.15. The lowest BCUT2D eigenvalue weighted by Gasteiger charge is -2.45. The zero-order chi connectivity index (χ0) is 22.2. The lowest BCUT2D eigenvalue weighted by Crippen LogP contribution is -2.39. The fraction of sp³-hybridized carbons (Fsp3) is 0.786. The van der Waals surface area contributed by atoms with Crippen LogP contribution in [0.1, 0.15) is 78.6 Å². The first-order chi connectivity index (χ1) is 14.8. The van der Waals surface area contributed by atoms with Gasteiger partial charge in [-0.3, -0.25) is 0 Å². The van der Waals surface area contributed by atoms with E-state index in [1.54, 1.807) is 5.57 Å². The summed E-state index contributed by atoms with van der Waals surface area (Å²) in [5.74, 6) is 3.24. The molecule has 2 N–H and O–H groups in total. The number of likely N-dealkylation sites (tertiary alicyclic amines) is 1. The molecule has 0 aromatic carbocycles. The molecule has 3 nitrogen and oxygen atoms in total. The van der Waals surface area contributed by atoms with Crippen LogP contribution in [-0.4, -0.2) is 47.0 Å². The molecule has 174 valence electrons. The highest BCUT2D eigenvalue weighted by Crippen LogP contribution is 2.59. The van der Waals surface area contributed by atoms with Crippen LogP contribution in [0.2, 0.25) is 0 Å². The van der Waals surface area contributed by atoms with Gasteiger partial charge in [-0.1, -0.05) is 57.1 Å². The van der Waals surface area contributed by atoms with Gasteiger partial charge < -0.3 is 15.1 Å². The number of aliphatic hydroxyl groups is 2. The number of rotatable bonds is 5. The topological polar surface area (TPSA) is 43.7 Å². The van der Waals surface area contributed by atoms with Crippen LogP contribution in [0.3, 0.4) is 0 Å². The first-order valence-corrected chi connectivity index (χ1v) is 13.0. The van der Waals surface area contributed by atoms with E-state index in [0.717, 1.165) is 23.3 Å². The molecule has 0 aromatic heterocycles. The van der Waals surface area contributed by atoms with E-state index in [2.05, 4.69) is 44.4 Å². The van der Waals surface area contributed by atoms with Crippen LogP contribution >= 0.6 is 0 Å². The minimum Gasteiger partial charge on any atom is -0.388 e. The Morgan fingerprint density at radius 1 is 1.16 bits per heavy atom. The summed E-state index contributed by atoms with van der Waals surface area (Å²) >= 11 is 0.